The molecule has 1 unspecified atom stereocenters. The van der Waals surface area contributed by atoms with Gasteiger partial charge in [-0.2, -0.15) is 0 Å². The van der Waals surface area contributed by atoms with Crippen molar-refractivity contribution in [2.75, 3.05) is 19.7 Å². The number of nitrogens with two attached hydrogens (primary N) is 1. The lowest BCUT2D eigenvalue weighted by Crippen LogP contribution is -2.43. The molecule has 0 saturated carbocycles. The summed E-state index contributed by atoms with van der Waals surface area (Å²) in [7, 11) is 0. The summed E-state index contributed by atoms with van der Waals surface area (Å²) in [4.78, 5) is 26.4. The number of benzene rings is 2. The van der Waals surface area contributed by atoms with Gasteiger partial charge in [0.05, 0.1) is 18.7 Å². The summed E-state index contributed by atoms with van der Waals surface area (Å²) in [6.07, 6.45) is 1.55. The first-order valence-electron chi connectivity index (χ1n) is 8.95. The van der Waals surface area contributed by atoms with Gasteiger partial charge in [0, 0.05) is 23.6 Å². The number of carbonyl (C=O) groups excluding carboxylic acids is 2. The van der Waals surface area contributed by atoms with Crippen LogP contribution in [-0.4, -0.2) is 41.0 Å². The minimum Gasteiger partial charge on any atom is -0.370 e. The highest BCUT2D eigenvalue weighted by molar-refractivity contribution is 6.06. The molecule has 6 nitrogen and oxygen atoms in total. The SMILES string of the molecule is NC(=O)c1cn(CC(=O)N2CCOC(c3ccccc3)C2)c2ccccc12. The third-order valence-electron chi connectivity index (χ3n) is 4.95. The van der Waals surface area contributed by atoms with E-state index in [4.69, 9.17) is 10.5 Å². The second-order valence-corrected chi connectivity index (χ2v) is 6.66. The molecule has 1 saturated heterocycles. The lowest BCUT2D eigenvalue weighted by molar-refractivity contribution is -0.139. The third kappa shape index (κ3) is 3.44. The van der Waals surface area contributed by atoms with Gasteiger partial charge < -0.3 is 19.9 Å². The number of carbonyl (C=O) groups is 2. The van der Waals surface area contributed by atoms with Gasteiger partial charge in [-0.25, -0.2) is 0 Å². The van der Waals surface area contributed by atoms with Gasteiger partial charge in [-0.3, -0.25) is 9.59 Å². The predicted octanol–water partition coefficient (Wildman–Crippen LogP) is 2.34. The fraction of sp³-hybridized carbons (Fsp3) is 0.238. The summed E-state index contributed by atoms with van der Waals surface area (Å²) in [5.74, 6) is -0.496. The zero-order valence-electron chi connectivity index (χ0n) is 14.9. The average molecular weight is 363 g/mol. The molecule has 1 aliphatic heterocycles. The first-order chi connectivity index (χ1) is 13.1. The van der Waals surface area contributed by atoms with E-state index in [1.54, 1.807) is 10.8 Å². The molecule has 1 aromatic heterocycles. The minimum absolute atomic E-state index is 0.00370. The first-order valence-corrected chi connectivity index (χ1v) is 8.95. The number of para-hydroxylation sites is 1. The monoisotopic (exact) mass is 363 g/mol. The number of aromatic nitrogens is 1. The predicted molar refractivity (Wildman–Crippen MR) is 102 cm³/mol. The molecular formula is C21H21N3O3. The van der Waals surface area contributed by atoms with Crippen molar-refractivity contribution in [3.63, 3.8) is 0 Å². The number of morpholine rings is 1. The van der Waals surface area contributed by atoms with Crippen LogP contribution in [0.2, 0.25) is 0 Å². The number of nitrogens with zero attached hydrogens (tertiary/aromatic N) is 2. The fourth-order valence-electron chi connectivity index (χ4n) is 3.56. The van der Waals surface area contributed by atoms with Crippen LogP contribution in [0.5, 0.6) is 0 Å². The Morgan fingerprint density at radius 3 is 2.59 bits per heavy atom. The van der Waals surface area contributed by atoms with Crippen molar-refractivity contribution in [3.05, 3.63) is 71.9 Å². The molecule has 2 N–H and O–H groups in total. The Balaban J connectivity index is 1.54. The number of hydrogen-bond acceptors (Lipinski definition) is 3. The Labute approximate surface area is 157 Å². The van der Waals surface area contributed by atoms with Gasteiger partial charge >= 0.3 is 0 Å². The van der Waals surface area contributed by atoms with Gasteiger partial charge in [-0.1, -0.05) is 48.5 Å². The van der Waals surface area contributed by atoms with Crippen molar-refractivity contribution >= 4 is 22.7 Å². The molecule has 1 aliphatic rings. The second-order valence-electron chi connectivity index (χ2n) is 6.66. The Morgan fingerprint density at radius 2 is 1.81 bits per heavy atom. The molecule has 0 radical (unpaired) electrons. The van der Waals surface area contributed by atoms with E-state index in [1.807, 2.05) is 59.5 Å². The van der Waals surface area contributed by atoms with E-state index in [0.29, 0.717) is 25.3 Å². The van der Waals surface area contributed by atoms with Crippen LogP contribution in [0.15, 0.2) is 60.8 Å². The Morgan fingerprint density at radius 1 is 1.07 bits per heavy atom. The Hall–Kier alpha value is -3.12. The quantitative estimate of drug-likeness (QED) is 0.773. The van der Waals surface area contributed by atoms with Crippen molar-refractivity contribution < 1.29 is 14.3 Å². The largest absolute Gasteiger partial charge is 0.370 e. The highest BCUT2D eigenvalue weighted by atomic mass is 16.5. The van der Waals surface area contributed by atoms with Gasteiger partial charge in [0.2, 0.25) is 5.91 Å². The van der Waals surface area contributed by atoms with E-state index in [-0.39, 0.29) is 18.6 Å². The lowest BCUT2D eigenvalue weighted by Gasteiger charge is -2.33. The number of ether oxygens (including phenoxy) is 1. The zero-order chi connectivity index (χ0) is 18.8. The maximum absolute atomic E-state index is 12.9. The molecule has 1 atom stereocenters. The van der Waals surface area contributed by atoms with E-state index in [0.717, 1.165) is 16.5 Å². The van der Waals surface area contributed by atoms with Crippen LogP contribution in [-0.2, 0) is 16.1 Å². The third-order valence-corrected chi connectivity index (χ3v) is 4.95. The summed E-state index contributed by atoms with van der Waals surface area (Å²) >= 11 is 0. The number of primary amides is 1. The second kappa shape index (κ2) is 7.25. The molecule has 2 aromatic carbocycles. The fourth-order valence-corrected chi connectivity index (χ4v) is 3.56. The normalized spacial score (nSPS) is 17.2. The van der Waals surface area contributed by atoms with Crippen LogP contribution in [0.3, 0.4) is 0 Å². The highest BCUT2D eigenvalue weighted by Crippen LogP contribution is 2.24. The van der Waals surface area contributed by atoms with Crippen molar-refractivity contribution in [2.45, 2.75) is 12.6 Å². The molecule has 3 aromatic rings. The molecule has 27 heavy (non-hydrogen) atoms. The van der Waals surface area contributed by atoms with Gasteiger partial charge in [-0.05, 0) is 11.6 Å². The molecule has 0 aliphatic carbocycles. The van der Waals surface area contributed by atoms with E-state index in [2.05, 4.69) is 0 Å². The molecule has 2 amide bonds. The average Bonchev–Trinajstić information content (AvgIpc) is 3.08. The number of fused-ring (bicyclic) bond motifs is 1. The summed E-state index contributed by atoms with van der Waals surface area (Å²) in [5, 5.41) is 0.766. The molecule has 2 heterocycles. The van der Waals surface area contributed by atoms with Crippen LogP contribution in [0, 0.1) is 0 Å². The lowest BCUT2D eigenvalue weighted by atomic mass is 10.1. The summed E-state index contributed by atoms with van der Waals surface area (Å²) in [5.41, 5.74) is 7.81. The standard InChI is InChI=1S/C21H21N3O3/c22-21(26)17-12-24(18-9-5-4-8-16(17)18)14-20(25)23-10-11-27-19(13-23)15-6-2-1-3-7-15/h1-9,12,19H,10-11,13-14H2,(H2,22,26). The van der Waals surface area contributed by atoms with Gasteiger partial charge in [0.15, 0.2) is 0 Å². The number of hydrogen-bond donors (Lipinski definition) is 1. The molecule has 6 heteroatoms. The van der Waals surface area contributed by atoms with Crippen molar-refractivity contribution in [2.24, 2.45) is 5.73 Å². The van der Waals surface area contributed by atoms with Crippen molar-refractivity contribution in [3.8, 4) is 0 Å². The van der Waals surface area contributed by atoms with E-state index < -0.39 is 5.91 Å². The molecule has 4 rings (SSSR count). The summed E-state index contributed by atoms with van der Waals surface area (Å²) in [6.45, 7) is 1.74. The molecule has 1 fully saturated rings. The smallest absolute Gasteiger partial charge is 0.250 e. The minimum atomic E-state index is -0.493. The highest BCUT2D eigenvalue weighted by Gasteiger charge is 2.26. The van der Waals surface area contributed by atoms with Crippen LogP contribution in [0.4, 0.5) is 0 Å². The Kier molecular flexibility index (Phi) is 4.64. The zero-order valence-corrected chi connectivity index (χ0v) is 14.9. The number of rotatable bonds is 4. The van der Waals surface area contributed by atoms with Crippen LogP contribution >= 0.6 is 0 Å². The molecule has 138 valence electrons. The van der Waals surface area contributed by atoms with Crippen LogP contribution in [0.25, 0.3) is 10.9 Å². The van der Waals surface area contributed by atoms with E-state index in [1.165, 1.54) is 0 Å². The van der Waals surface area contributed by atoms with Crippen LogP contribution in [0.1, 0.15) is 22.0 Å². The topological polar surface area (TPSA) is 77.6 Å². The maximum atomic E-state index is 12.9. The summed E-state index contributed by atoms with van der Waals surface area (Å²) in [6, 6.07) is 17.4. The van der Waals surface area contributed by atoms with Gasteiger partial charge in [0.1, 0.15) is 12.6 Å². The van der Waals surface area contributed by atoms with Crippen molar-refractivity contribution in [1.82, 2.24) is 9.47 Å². The maximum Gasteiger partial charge on any atom is 0.250 e. The van der Waals surface area contributed by atoms with E-state index >= 15 is 0 Å². The van der Waals surface area contributed by atoms with Crippen molar-refractivity contribution in [1.29, 1.82) is 0 Å². The molecule has 0 bridgehead atoms. The first kappa shape index (κ1) is 17.3. The van der Waals surface area contributed by atoms with Crippen LogP contribution < -0.4 is 5.73 Å². The molecule has 0 spiro atoms. The van der Waals surface area contributed by atoms with Gasteiger partial charge in [0.25, 0.3) is 5.91 Å². The summed E-state index contributed by atoms with van der Waals surface area (Å²) < 4.78 is 7.63. The van der Waals surface area contributed by atoms with Gasteiger partial charge in [-0.15, -0.1) is 0 Å². The molecular weight excluding hydrogens is 342 g/mol. The number of amides is 2. The van der Waals surface area contributed by atoms with E-state index in [9.17, 15) is 9.59 Å². The Bertz CT molecular complexity index is 981.